The van der Waals surface area contributed by atoms with Crippen LogP contribution in [0.5, 0.6) is 0 Å². The Morgan fingerprint density at radius 3 is 2.08 bits per heavy atom. The van der Waals surface area contributed by atoms with Gasteiger partial charge in [0.25, 0.3) is 0 Å². The molecule has 2 N–H and O–H groups in total. The first-order valence-electron chi connectivity index (χ1n) is 9.33. The zero-order chi connectivity index (χ0) is 18.6. The molecule has 0 fully saturated rings. The standard InChI is InChI=1S/C22H34O3/c1-2-3-15-18-21(23)19-16-13-11-9-7-5-4-6-8-10-12-14-17-20-22(24)25/h3,5-8,12,14-16,19,21,23H,2,4,9-11,13,17-18,20H2,1H3,(H,24,25)/t21-/m1/s1. The Morgan fingerprint density at radius 1 is 0.840 bits per heavy atom. The Labute approximate surface area is 153 Å². The molecular formula is C22H34O3. The Kier molecular flexibility index (Phi) is 17.1. The highest BCUT2D eigenvalue weighted by Crippen LogP contribution is 2.02. The number of aliphatic hydroxyl groups is 1. The second kappa shape index (κ2) is 18.5. The molecule has 0 aromatic rings. The second-order valence-electron chi connectivity index (χ2n) is 5.86. The monoisotopic (exact) mass is 346 g/mol. The first kappa shape index (κ1) is 23.1. The van der Waals surface area contributed by atoms with E-state index in [2.05, 4.69) is 43.4 Å². The zero-order valence-electron chi connectivity index (χ0n) is 15.5. The first-order chi connectivity index (χ1) is 12.2. The molecule has 0 aliphatic rings. The lowest BCUT2D eigenvalue weighted by Crippen LogP contribution is -1.98. The number of allylic oxidation sites excluding steroid dienone is 8. The van der Waals surface area contributed by atoms with Crippen molar-refractivity contribution in [2.75, 3.05) is 0 Å². The summed E-state index contributed by atoms with van der Waals surface area (Å²) in [5, 5.41) is 18.2. The van der Waals surface area contributed by atoms with Gasteiger partial charge in [0.2, 0.25) is 0 Å². The van der Waals surface area contributed by atoms with Gasteiger partial charge >= 0.3 is 5.97 Å². The molecule has 0 spiro atoms. The van der Waals surface area contributed by atoms with Gasteiger partial charge in [-0.25, -0.2) is 0 Å². The van der Waals surface area contributed by atoms with Crippen molar-refractivity contribution in [2.45, 2.75) is 70.8 Å². The second-order valence-corrected chi connectivity index (χ2v) is 5.86. The maximum absolute atomic E-state index is 10.3. The normalized spacial score (nSPS) is 14.0. The smallest absolute Gasteiger partial charge is 0.303 e. The summed E-state index contributed by atoms with van der Waals surface area (Å²) in [5.74, 6) is -0.749. The summed E-state index contributed by atoms with van der Waals surface area (Å²) in [6, 6.07) is 0. The van der Waals surface area contributed by atoms with Crippen LogP contribution in [0.4, 0.5) is 0 Å². The van der Waals surface area contributed by atoms with Gasteiger partial charge in [-0.3, -0.25) is 4.79 Å². The molecule has 0 saturated carbocycles. The molecule has 0 aliphatic heterocycles. The maximum atomic E-state index is 10.3. The van der Waals surface area contributed by atoms with Gasteiger partial charge in [0.1, 0.15) is 0 Å². The van der Waals surface area contributed by atoms with Gasteiger partial charge in [-0.15, -0.1) is 0 Å². The highest BCUT2D eigenvalue weighted by Gasteiger charge is 1.93. The third kappa shape index (κ3) is 20.1. The SMILES string of the molecule is CCC=CC[C@@H](O)C=CCCCC=CCC=CCC=CCCC(=O)O. The molecule has 0 heterocycles. The number of aliphatic hydroxyl groups excluding tert-OH is 1. The van der Waals surface area contributed by atoms with Crippen LogP contribution in [-0.4, -0.2) is 22.3 Å². The molecule has 0 aromatic carbocycles. The van der Waals surface area contributed by atoms with Gasteiger partial charge in [-0.1, -0.05) is 67.7 Å². The molecule has 140 valence electrons. The van der Waals surface area contributed by atoms with E-state index >= 15 is 0 Å². The van der Waals surface area contributed by atoms with Crippen molar-refractivity contribution in [1.29, 1.82) is 0 Å². The van der Waals surface area contributed by atoms with E-state index in [1.807, 2.05) is 24.3 Å². The topological polar surface area (TPSA) is 57.5 Å². The van der Waals surface area contributed by atoms with Crippen LogP contribution in [-0.2, 0) is 4.79 Å². The van der Waals surface area contributed by atoms with Crippen LogP contribution in [0.25, 0.3) is 0 Å². The number of hydrogen-bond donors (Lipinski definition) is 2. The number of carbonyl (C=O) groups is 1. The van der Waals surface area contributed by atoms with E-state index < -0.39 is 5.97 Å². The third-order valence-corrected chi connectivity index (χ3v) is 3.45. The van der Waals surface area contributed by atoms with Crippen molar-refractivity contribution in [2.24, 2.45) is 0 Å². The minimum absolute atomic E-state index is 0.201. The van der Waals surface area contributed by atoms with Crippen LogP contribution in [0.3, 0.4) is 0 Å². The Morgan fingerprint density at radius 2 is 1.44 bits per heavy atom. The van der Waals surface area contributed by atoms with E-state index in [1.54, 1.807) is 0 Å². The Balaban J connectivity index is 3.52. The number of aliphatic carboxylic acids is 1. The van der Waals surface area contributed by atoms with Gasteiger partial charge in [0.15, 0.2) is 0 Å². The molecule has 3 nitrogen and oxygen atoms in total. The Hall–Kier alpha value is -1.87. The number of unbranched alkanes of at least 4 members (excludes halogenated alkanes) is 2. The van der Waals surface area contributed by atoms with Gasteiger partial charge in [-0.2, -0.15) is 0 Å². The summed E-state index contributed by atoms with van der Waals surface area (Å²) in [7, 11) is 0. The average molecular weight is 347 g/mol. The van der Waals surface area contributed by atoms with Gasteiger partial charge < -0.3 is 10.2 Å². The minimum atomic E-state index is -0.749. The summed E-state index contributed by atoms with van der Waals surface area (Å²) >= 11 is 0. The first-order valence-corrected chi connectivity index (χ1v) is 9.33. The van der Waals surface area contributed by atoms with Crippen LogP contribution in [0.1, 0.15) is 64.7 Å². The number of hydrogen-bond acceptors (Lipinski definition) is 2. The summed E-state index contributed by atoms with van der Waals surface area (Å²) in [4.78, 5) is 10.3. The lowest BCUT2D eigenvalue weighted by molar-refractivity contribution is -0.136. The number of carboxylic acid groups (broad SMARTS) is 1. The lowest BCUT2D eigenvalue weighted by atomic mass is 10.1. The Bertz CT molecular complexity index is 456. The largest absolute Gasteiger partial charge is 0.481 e. The molecule has 25 heavy (non-hydrogen) atoms. The van der Waals surface area contributed by atoms with Crippen LogP contribution in [0.2, 0.25) is 0 Å². The van der Waals surface area contributed by atoms with Crippen molar-refractivity contribution in [3.05, 3.63) is 60.8 Å². The fourth-order valence-corrected chi connectivity index (χ4v) is 2.07. The molecule has 0 bridgehead atoms. The predicted molar refractivity (Wildman–Crippen MR) is 107 cm³/mol. The van der Waals surface area contributed by atoms with Crippen molar-refractivity contribution < 1.29 is 15.0 Å². The molecule has 0 rings (SSSR count). The lowest BCUT2D eigenvalue weighted by Gasteiger charge is -2.00. The van der Waals surface area contributed by atoms with Crippen molar-refractivity contribution in [1.82, 2.24) is 0 Å². The molecule has 0 unspecified atom stereocenters. The molecule has 0 radical (unpaired) electrons. The zero-order valence-corrected chi connectivity index (χ0v) is 15.5. The van der Waals surface area contributed by atoms with Crippen LogP contribution in [0.15, 0.2) is 60.8 Å². The van der Waals surface area contributed by atoms with Crippen molar-refractivity contribution >= 4 is 5.97 Å². The third-order valence-electron chi connectivity index (χ3n) is 3.45. The van der Waals surface area contributed by atoms with Crippen molar-refractivity contribution in [3.63, 3.8) is 0 Å². The number of rotatable bonds is 15. The van der Waals surface area contributed by atoms with E-state index in [4.69, 9.17) is 5.11 Å². The highest BCUT2D eigenvalue weighted by atomic mass is 16.4. The van der Waals surface area contributed by atoms with E-state index in [0.29, 0.717) is 12.8 Å². The fourth-order valence-electron chi connectivity index (χ4n) is 2.07. The quantitative estimate of drug-likeness (QED) is 0.293. The molecule has 1 atom stereocenters. The summed E-state index contributed by atoms with van der Waals surface area (Å²) < 4.78 is 0. The molecule has 0 aliphatic carbocycles. The summed E-state index contributed by atoms with van der Waals surface area (Å²) in [5.41, 5.74) is 0. The maximum Gasteiger partial charge on any atom is 0.303 e. The van der Waals surface area contributed by atoms with E-state index in [-0.39, 0.29) is 12.5 Å². The summed E-state index contributed by atoms with van der Waals surface area (Å²) in [6.45, 7) is 2.09. The van der Waals surface area contributed by atoms with Gasteiger partial charge in [0, 0.05) is 6.42 Å². The van der Waals surface area contributed by atoms with Crippen molar-refractivity contribution in [3.8, 4) is 0 Å². The molecular weight excluding hydrogens is 312 g/mol. The van der Waals surface area contributed by atoms with E-state index in [9.17, 15) is 9.90 Å². The minimum Gasteiger partial charge on any atom is -0.481 e. The fraction of sp³-hybridized carbons (Fsp3) is 0.500. The van der Waals surface area contributed by atoms with Crippen LogP contribution < -0.4 is 0 Å². The number of carboxylic acids is 1. The van der Waals surface area contributed by atoms with E-state index in [1.165, 1.54) is 0 Å². The predicted octanol–water partition coefficient (Wildman–Crippen LogP) is 5.74. The summed E-state index contributed by atoms with van der Waals surface area (Å²) in [6.07, 6.45) is 27.6. The highest BCUT2D eigenvalue weighted by molar-refractivity contribution is 5.66. The average Bonchev–Trinajstić information content (AvgIpc) is 2.58. The van der Waals surface area contributed by atoms with Gasteiger partial charge in [-0.05, 0) is 51.4 Å². The van der Waals surface area contributed by atoms with Gasteiger partial charge in [0.05, 0.1) is 6.10 Å². The molecule has 0 aromatic heterocycles. The van der Waals surface area contributed by atoms with E-state index in [0.717, 1.165) is 38.5 Å². The molecule has 0 saturated heterocycles. The van der Waals surface area contributed by atoms with Crippen LogP contribution >= 0.6 is 0 Å². The van der Waals surface area contributed by atoms with Crippen LogP contribution in [0, 0.1) is 0 Å². The molecule has 3 heteroatoms. The molecule has 0 amide bonds.